The van der Waals surface area contributed by atoms with Gasteiger partial charge in [-0.2, -0.15) is 0 Å². The Morgan fingerprint density at radius 3 is 2.34 bits per heavy atom. The summed E-state index contributed by atoms with van der Waals surface area (Å²) in [6, 6.07) is 12.3. The first kappa shape index (κ1) is 26.8. The van der Waals surface area contributed by atoms with Crippen LogP contribution in [0.15, 0.2) is 42.5 Å². The van der Waals surface area contributed by atoms with Crippen LogP contribution in [-0.2, 0) is 21.9 Å². The van der Waals surface area contributed by atoms with Gasteiger partial charge in [0.1, 0.15) is 6.04 Å². The van der Waals surface area contributed by atoms with E-state index in [2.05, 4.69) is 5.32 Å². The zero-order chi connectivity index (χ0) is 23.7. The lowest BCUT2D eigenvalue weighted by atomic mass is 10.1. The summed E-state index contributed by atoms with van der Waals surface area (Å²) < 4.78 is 0. The number of thioether (sulfide) groups is 1. The van der Waals surface area contributed by atoms with Crippen LogP contribution in [-0.4, -0.2) is 34.6 Å². The molecule has 174 valence electrons. The molecule has 2 amide bonds. The molecule has 8 heteroatoms. The third kappa shape index (κ3) is 7.87. The smallest absolute Gasteiger partial charge is 0.243 e. The van der Waals surface area contributed by atoms with Gasteiger partial charge in [0.25, 0.3) is 0 Å². The van der Waals surface area contributed by atoms with Crippen LogP contribution in [0.5, 0.6) is 0 Å². The first-order valence-electron chi connectivity index (χ1n) is 10.6. The second-order valence-electron chi connectivity index (χ2n) is 7.60. The summed E-state index contributed by atoms with van der Waals surface area (Å²) in [6.07, 6.45) is 1.33. The van der Waals surface area contributed by atoms with Crippen LogP contribution >= 0.6 is 46.6 Å². The van der Waals surface area contributed by atoms with Crippen LogP contribution in [0.25, 0.3) is 0 Å². The lowest BCUT2D eigenvalue weighted by molar-refractivity contribution is -0.139. The molecule has 0 heterocycles. The molecule has 0 aromatic heterocycles. The number of nitrogens with zero attached hydrogens (tertiary/aromatic N) is 1. The van der Waals surface area contributed by atoms with E-state index in [4.69, 9.17) is 34.8 Å². The topological polar surface area (TPSA) is 49.4 Å². The maximum atomic E-state index is 13.3. The molecule has 4 nitrogen and oxygen atoms in total. The van der Waals surface area contributed by atoms with Crippen molar-refractivity contribution in [1.29, 1.82) is 0 Å². The van der Waals surface area contributed by atoms with Crippen LogP contribution in [0.2, 0.25) is 15.1 Å². The van der Waals surface area contributed by atoms with E-state index in [1.807, 2.05) is 45.0 Å². The molecule has 0 saturated heterocycles. The Labute approximate surface area is 210 Å². The van der Waals surface area contributed by atoms with Crippen LogP contribution in [0.1, 0.15) is 44.7 Å². The second-order valence-corrected chi connectivity index (χ2v) is 9.80. The minimum atomic E-state index is -0.571. The SMILES string of the molecule is CC[C@H](C)NC(=O)[C@H](CC)N(Cc1ccccc1Cl)C(=O)CSCc1ccc(Cl)c(Cl)c1. The van der Waals surface area contributed by atoms with Crippen molar-refractivity contribution in [3.05, 3.63) is 68.7 Å². The molecule has 0 fully saturated rings. The third-order valence-electron chi connectivity index (χ3n) is 5.16. The summed E-state index contributed by atoms with van der Waals surface area (Å²) in [5.74, 6) is 0.592. The van der Waals surface area contributed by atoms with E-state index >= 15 is 0 Å². The van der Waals surface area contributed by atoms with Crippen molar-refractivity contribution in [3.63, 3.8) is 0 Å². The minimum Gasteiger partial charge on any atom is -0.352 e. The van der Waals surface area contributed by atoms with Gasteiger partial charge in [0.2, 0.25) is 11.8 Å². The monoisotopic (exact) mass is 514 g/mol. The normalized spacial score (nSPS) is 12.8. The third-order valence-corrected chi connectivity index (χ3v) is 7.26. The van der Waals surface area contributed by atoms with Gasteiger partial charge in [-0.25, -0.2) is 0 Å². The summed E-state index contributed by atoms with van der Waals surface area (Å²) in [4.78, 5) is 27.9. The number of amides is 2. The van der Waals surface area contributed by atoms with Crippen molar-refractivity contribution in [2.45, 2.75) is 58.0 Å². The van der Waals surface area contributed by atoms with E-state index in [1.165, 1.54) is 11.8 Å². The Balaban J connectivity index is 2.15. The lowest BCUT2D eigenvalue weighted by Crippen LogP contribution is -2.51. The Morgan fingerprint density at radius 2 is 1.72 bits per heavy atom. The Morgan fingerprint density at radius 1 is 1.00 bits per heavy atom. The molecule has 0 aliphatic heterocycles. The highest BCUT2D eigenvalue weighted by atomic mass is 35.5. The molecule has 0 spiro atoms. The Bertz CT molecular complexity index is 926. The van der Waals surface area contributed by atoms with Crippen molar-refractivity contribution < 1.29 is 9.59 Å². The molecule has 0 aliphatic rings. The molecule has 1 N–H and O–H groups in total. The minimum absolute atomic E-state index is 0.0397. The van der Waals surface area contributed by atoms with Gasteiger partial charge in [0.15, 0.2) is 0 Å². The summed E-state index contributed by atoms with van der Waals surface area (Å²) in [5, 5.41) is 4.58. The molecule has 0 aliphatic carbocycles. The highest BCUT2D eigenvalue weighted by Crippen LogP contribution is 2.25. The largest absolute Gasteiger partial charge is 0.352 e. The molecule has 0 bridgehead atoms. The highest BCUT2D eigenvalue weighted by molar-refractivity contribution is 7.99. The Hall–Kier alpha value is -1.40. The van der Waals surface area contributed by atoms with E-state index in [-0.39, 0.29) is 30.2 Å². The summed E-state index contributed by atoms with van der Waals surface area (Å²) in [6.45, 7) is 6.16. The molecule has 2 atom stereocenters. The molecule has 2 aromatic carbocycles. The predicted octanol–water partition coefficient (Wildman–Crippen LogP) is 6.60. The molecular weight excluding hydrogens is 487 g/mol. The van der Waals surface area contributed by atoms with E-state index in [1.54, 1.807) is 23.1 Å². The quantitative estimate of drug-likeness (QED) is 0.367. The highest BCUT2D eigenvalue weighted by Gasteiger charge is 2.29. The number of rotatable bonds is 11. The fourth-order valence-corrected chi connectivity index (χ4v) is 4.51. The Kier molecular flexibility index (Phi) is 11.2. The van der Waals surface area contributed by atoms with Gasteiger partial charge in [0, 0.05) is 23.4 Å². The van der Waals surface area contributed by atoms with Crippen molar-refractivity contribution in [2.24, 2.45) is 0 Å². The number of benzene rings is 2. The van der Waals surface area contributed by atoms with Gasteiger partial charge < -0.3 is 10.2 Å². The van der Waals surface area contributed by atoms with Gasteiger partial charge >= 0.3 is 0 Å². The molecule has 0 saturated carbocycles. The van der Waals surface area contributed by atoms with Crippen molar-refractivity contribution in [3.8, 4) is 0 Å². The number of hydrogen-bond acceptors (Lipinski definition) is 3. The maximum absolute atomic E-state index is 13.3. The van der Waals surface area contributed by atoms with Crippen molar-refractivity contribution >= 4 is 58.4 Å². The van der Waals surface area contributed by atoms with Crippen LogP contribution in [0.4, 0.5) is 0 Å². The maximum Gasteiger partial charge on any atom is 0.243 e. The molecule has 0 radical (unpaired) electrons. The molecular formula is C24H29Cl3N2O2S. The first-order chi connectivity index (χ1) is 15.3. The average molecular weight is 516 g/mol. The van der Waals surface area contributed by atoms with Crippen molar-refractivity contribution in [2.75, 3.05) is 5.75 Å². The molecule has 2 rings (SSSR count). The second kappa shape index (κ2) is 13.3. The van der Waals surface area contributed by atoms with Gasteiger partial charge in [0.05, 0.1) is 15.8 Å². The fourth-order valence-electron chi connectivity index (χ4n) is 3.14. The lowest BCUT2D eigenvalue weighted by Gasteiger charge is -2.31. The van der Waals surface area contributed by atoms with E-state index in [0.717, 1.165) is 17.5 Å². The van der Waals surface area contributed by atoms with Crippen LogP contribution < -0.4 is 5.32 Å². The van der Waals surface area contributed by atoms with Gasteiger partial charge in [-0.05, 0) is 49.1 Å². The average Bonchev–Trinajstić information content (AvgIpc) is 2.77. The standard InChI is InChI=1S/C24H29Cl3N2O2S/c1-4-16(3)28-24(31)22(5-2)29(13-18-8-6-7-9-19(18)25)23(30)15-32-14-17-10-11-20(26)21(27)12-17/h6-12,16,22H,4-5,13-15H2,1-3H3,(H,28,31)/t16-,22-/m0/s1. The van der Waals surface area contributed by atoms with Gasteiger partial charge in [-0.3, -0.25) is 9.59 Å². The fraction of sp³-hybridized carbons (Fsp3) is 0.417. The molecule has 32 heavy (non-hydrogen) atoms. The number of nitrogens with one attached hydrogen (secondary N) is 1. The number of hydrogen-bond donors (Lipinski definition) is 1. The van der Waals surface area contributed by atoms with E-state index < -0.39 is 6.04 Å². The summed E-state index contributed by atoms with van der Waals surface area (Å²) >= 11 is 19.9. The van der Waals surface area contributed by atoms with Crippen LogP contribution in [0.3, 0.4) is 0 Å². The number of carbonyl (C=O) groups is 2. The zero-order valence-corrected chi connectivity index (χ0v) is 21.6. The molecule has 2 aromatic rings. The van der Waals surface area contributed by atoms with Crippen molar-refractivity contribution in [1.82, 2.24) is 10.2 Å². The van der Waals surface area contributed by atoms with Gasteiger partial charge in [-0.15, -0.1) is 11.8 Å². The summed E-state index contributed by atoms with van der Waals surface area (Å²) in [5.41, 5.74) is 1.79. The number of carbonyl (C=O) groups excluding carboxylic acids is 2. The number of halogens is 3. The van der Waals surface area contributed by atoms with E-state index in [0.29, 0.717) is 27.2 Å². The summed E-state index contributed by atoms with van der Waals surface area (Å²) in [7, 11) is 0. The van der Waals surface area contributed by atoms with Crippen LogP contribution in [0, 0.1) is 0 Å². The first-order valence-corrected chi connectivity index (χ1v) is 12.9. The van der Waals surface area contributed by atoms with Gasteiger partial charge in [-0.1, -0.05) is 72.9 Å². The molecule has 0 unspecified atom stereocenters. The zero-order valence-electron chi connectivity index (χ0n) is 18.5. The predicted molar refractivity (Wildman–Crippen MR) is 137 cm³/mol. The van der Waals surface area contributed by atoms with E-state index in [9.17, 15) is 9.59 Å².